The van der Waals surface area contributed by atoms with Crippen LogP contribution in [0.5, 0.6) is 0 Å². The lowest BCUT2D eigenvalue weighted by Gasteiger charge is -2.34. The largest absolute Gasteiger partial charge is 0.378 e. The van der Waals surface area contributed by atoms with Crippen LogP contribution in [0.25, 0.3) is 0 Å². The van der Waals surface area contributed by atoms with Crippen LogP contribution in [-0.2, 0) is 0 Å². The van der Waals surface area contributed by atoms with Crippen LogP contribution in [0.4, 0.5) is 22.3 Å². The molecule has 178 valence electrons. The maximum Gasteiger partial charge on any atom is 0.271 e. The number of carbonyl (C=O) groups is 2. The summed E-state index contributed by atoms with van der Waals surface area (Å²) < 4.78 is 4.24. The molecule has 1 atom stereocenters. The molecule has 0 saturated carbocycles. The zero-order valence-electron chi connectivity index (χ0n) is 19.4. The maximum atomic E-state index is 12.8. The smallest absolute Gasteiger partial charge is 0.271 e. The third-order valence-corrected chi connectivity index (χ3v) is 6.39. The lowest BCUT2D eigenvalue weighted by molar-refractivity contribution is 0.0932. The van der Waals surface area contributed by atoms with Crippen molar-refractivity contribution in [3.8, 4) is 0 Å². The summed E-state index contributed by atoms with van der Waals surface area (Å²) in [4.78, 5) is 37.6. The molecule has 1 saturated heterocycles. The molecule has 1 aliphatic rings. The van der Waals surface area contributed by atoms with E-state index >= 15 is 0 Å². The first kappa shape index (κ1) is 23.4. The first-order chi connectivity index (χ1) is 16.3. The van der Waals surface area contributed by atoms with Gasteiger partial charge in [0.05, 0.1) is 11.9 Å². The number of hydrogen-bond acceptors (Lipinski definition) is 9. The number of nitrogens with zero attached hydrogens (tertiary/aromatic N) is 5. The highest BCUT2D eigenvalue weighted by atomic mass is 32.1. The van der Waals surface area contributed by atoms with E-state index in [1.807, 2.05) is 56.3 Å². The Hall–Kier alpha value is -3.73. The van der Waals surface area contributed by atoms with E-state index in [4.69, 9.17) is 5.73 Å². The van der Waals surface area contributed by atoms with Gasteiger partial charge in [-0.15, -0.1) is 0 Å². The molecule has 1 unspecified atom stereocenters. The fourth-order valence-corrected chi connectivity index (χ4v) is 4.48. The zero-order valence-corrected chi connectivity index (χ0v) is 20.2. The molecule has 0 radical (unpaired) electrons. The van der Waals surface area contributed by atoms with Gasteiger partial charge in [-0.05, 0) is 61.6 Å². The van der Waals surface area contributed by atoms with Gasteiger partial charge in [0.2, 0.25) is 0 Å². The van der Waals surface area contributed by atoms with Crippen molar-refractivity contribution in [2.75, 3.05) is 42.3 Å². The normalized spacial score (nSPS) is 15.6. The Morgan fingerprint density at radius 3 is 2.65 bits per heavy atom. The van der Waals surface area contributed by atoms with Crippen LogP contribution in [0.15, 0.2) is 36.5 Å². The summed E-state index contributed by atoms with van der Waals surface area (Å²) in [6.07, 6.45) is 3.31. The van der Waals surface area contributed by atoms with Crippen molar-refractivity contribution in [2.24, 2.45) is 5.73 Å². The van der Waals surface area contributed by atoms with E-state index in [0.717, 1.165) is 35.8 Å². The Kier molecular flexibility index (Phi) is 6.92. The first-order valence-electron chi connectivity index (χ1n) is 11.0. The van der Waals surface area contributed by atoms with E-state index < -0.39 is 5.91 Å². The maximum absolute atomic E-state index is 12.8. The molecule has 1 aromatic carbocycles. The number of rotatable bonds is 7. The van der Waals surface area contributed by atoms with Crippen molar-refractivity contribution in [2.45, 2.75) is 25.8 Å². The molecule has 10 nitrogen and oxygen atoms in total. The van der Waals surface area contributed by atoms with E-state index in [2.05, 4.69) is 29.9 Å². The van der Waals surface area contributed by atoms with Gasteiger partial charge in [0.15, 0.2) is 11.5 Å². The second-order valence-corrected chi connectivity index (χ2v) is 9.25. The summed E-state index contributed by atoms with van der Waals surface area (Å²) in [6, 6.07) is 9.35. The Balaban J connectivity index is 1.47. The number of aromatic nitrogens is 3. The standard InChI is InChI=1S/C23H28N8O2S/c1-14-11-19(34-29-14)28-22-20(21(24)32)25-12-18(27-22)31-10-4-5-16(13-31)26-23(33)15-6-8-17(9-7-15)30(2)3/h6-9,11-12,16H,4-5,10,13H2,1-3H3,(H2,24,32)(H,26,33)(H,27,28). The SMILES string of the molecule is Cc1cc(Nc2nc(N3CCCC(NC(=O)c4ccc(N(C)C)cc4)C3)cnc2C(N)=O)sn1. The molecule has 2 amide bonds. The number of carbonyl (C=O) groups excluding carboxylic acids is 2. The highest BCUT2D eigenvalue weighted by Crippen LogP contribution is 2.25. The third kappa shape index (κ3) is 5.42. The average molecular weight is 481 g/mol. The van der Waals surface area contributed by atoms with E-state index in [1.54, 1.807) is 6.20 Å². The molecule has 0 spiro atoms. The second-order valence-electron chi connectivity index (χ2n) is 8.45. The predicted molar refractivity (Wildman–Crippen MR) is 134 cm³/mol. The minimum atomic E-state index is -0.660. The molecule has 34 heavy (non-hydrogen) atoms. The molecule has 11 heteroatoms. The number of hydrogen-bond donors (Lipinski definition) is 3. The molecule has 1 aliphatic heterocycles. The van der Waals surface area contributed by atoms with Gasteiger partial charge in [-0.2, -0.15) is 4.37 Å². The minimum absolute atomic E-state index is 0.0343. The van der Waals surface area contributed by atoms with Crippen LogP contribution in [0.2, 0.25) is 0 Å². The molecule has 2 aromatic heterocycles. The van der Waals surface area contributed by atoms with Gasteiger partial charge in [-0.25, -0.2) is 9.97 Å². The number of anilines is 4. The van der Waals surface area contributed by atoms with Crippen LogP contribution >= 0.6 is 11.5 Å². The quantitative estimate of drug-likeness (QED) is 0.470. The third-order valence-electron chi connectivity index (χ3n) is 5.59. The van der Waals surface area contributed by atoms with Crippen molar-refractivity contribution in [1.82, 2.24) is 19.7 Å². The van der Waals surface area contributed by atoms with Crippen molar-refractivity contribution >= 4 is 45.7 Å². The Morgan fingerprint density at radius 2 is 2.00 bits per heavy atom. The Bertz CT molecular complexity index is 1180. The van der Waals surface area contributed by atoms with Gasteiger partial charge < -0.3 is 26.2 Å². The van der Waals surface area contributed by atoms with Crippen LogP contribution in [0.3, 0.4) is 0 Å². The van der Waals surface area contributed by atoms with Gasteiger partial charge in [-0.3, -0.25) is 9.59 Å². The summed E-state index contributed by atoms with van der Waals surface area (Å²) in [5.74, 6) is 0.144. The minimum Gasteiger partial charge on any atom is -0.378 e. The van der Waals surface area contributed by atoms with Crippen LogP contribution in [0, 0.1) is 6.92 Å². The molecule has 4 N–H and O–H groups in total. The number of nitrogens with two attached hydrogens (primary N) is 1. The van der Waals surface area contributed by atoms with Gasteiger partial charge in [0.1, 0.15) is 10.8 Å². The first-order valence-corrected chi connectivity index (χ1v) is 11.8. The number of aryl methyl sites for hydroxylation is 1. The number of amides is 2. The summed E-state index contributed by atoms with van der Waals surface area (Å²) in [5.41, 5.74) is 8.10. The number of piperidine rings is 1. The van der Waals surface area contributed by atoms with Gasteiger partial charge in [0.25, 0.3) is 11.8 Å². The topological polar surface area (TPSA) is 129 Å². The molecule has 4 rings (SSSR count). The number of primary amides is 1. The molecule has 0 bridgehead atoms. The lowest BCUT2D eigenvalue weighted by atomic mass is 10.0. The fraction of sp³-hybridized carbons (Fsp3) is 0.348. The van der Waals surface area contributed by atoms with Crippen LogP contribution in [0.1, 0.15) is 39.4 Å². The van der Waals surface area contributed by atoms with E-state index in [1.165, 1.54) is 11.5 Å². The molecular formula is C23H28N8O2S. The summed E-state index contributed by atoms with van der Waals surface area (Å²) in [5, 5.41) is 6.99. The Morgan fingerprint density at radius 1 is 1.24 bits per heavy atom. The van der Waals surface area contributed by atoms with Crippen molar-refractivity contribution in [3.63, 3.8) is 0 Å². The zero-order chi connectivity index (χ0) is 24.2. The lowest BCUT2D eigenvalue weighted by Crippen LogP contribution is -2.48. The van der Waals surface area contributed by atoms with Crippen molar-refractivity contribution in [3.05, 3.63) is 53.5 Å². The van der Waals surface area contributed by atoms with Crippen molar-refractivity contribution < 1.29 is 9.59 Å². The molecule has 0 aliphatic carbocycles. The van der Waals surface area contributed by atoms with Crippen molar-refractivity contribution in [1.29, 1.82) is 0 Å². The van der Waals surface area contributed by atoms with Gasteiger partial charge in [-0.1, -0.05) is 0 Å². The summed E-state index contributed by atoms with van der Waals surface area (Å²) >= 11 is 1.27. The average Bonchev–Trinajstić information content (AvgIpc) is 3.23. The van der Waals surface area contributed by atoms with Gasteiger partial charge >= 0.3 is 0 Å². The van der Waals surface area contributed by atoms with E-state index in [9.17, 15) is 9.59 Å². The van der Waals surface area contributed by atoms with Crippen LogP contribution in [-0.4, -0.2) is 59.4 Å². The monoisotopic (exact) mass is 480 g/mol. The summed E-state index contributed by atoms with van der Waals surface area (Å²) in [6.45, 7) is 3.25. The Labute approximate surface area is 202 Å². The summed E-state index contributed by atoms with van der Waals surface area (Å²) in [7, 11) is 3.92. The second kappa shape index (κ2) is 10.0. The van der Waals surface area contributed by atoms with E-state index in [0.29, 0.717) is 23.7 Å². The molecule has 3 aromatic rings. The van der Waals surface area contributed by atoms with Gasteiger partial charge in [0, 0.05) is 44.5 Å². The molecule has 3 heterocycles. The molecular weight excluding hydrogens is 452 g/mol. The number of benzene rings is 1. The molecule has 1 fully saturated rings. The highest BCUT2D eigenvalue weighted by molar-refractivity contribution is 7.10. The fourth-order valence-electron chi connectivity index (χ4n) is 3.82. The van der Waals surface area contributed by atoms with Crippen LogP contribution < -0.4 is 26.2 Å². The van der Waals surface area contributed by atoms with E-state index in [-0.39, 0.29) is 17.6 Å². The highest BCUT2D eigenvalue weighted by Gasteiger charge is 2.24. The number of nitrogens with one attached hydrogen (secondary N) is 2. The predicted octanol–water partition coefficient (Wildman–Crippen LogP) is 2.55.